The molecule has 0 atom stereocenters. The number of carbonyl (C=O) groups excluding carboxylic acids is 1. The molecule has 106 valence electrons. The van der Waals surface area contributed by atoms with Crippen molar-refractivity contribution in [1.82, 2.24) is 4.57 Å². The molecule has 0 saturated heterocycles. The van der Waals surface area contributed by atoms with Gasteiger partial charge in [-0.05, 0) is 19.1 Å². The van der Waals surface area contributed by atoms with Crippen LogP contribution in [0.5, 0.6) is 0 Å². The Kier molecular flexibility index (Phi) is 4.08. The van der Waals surface area contributed by atoms with E-state index in [2.05, 4.69) is 5.32 Å². The molecule has 0 aliphatic carbocycles. The first-order chi connectivity index (χ1) is 9.31. The number of rotatable bonds is 3. The van der Waals surface area contributed by atoms with Crippen molar-refractivity contribution in [2.45, 2.75) is 6.92 Å². The van der Waals surface area contributed by atoms with Gasteiger partial charge in [-0.1, -0.05) is 23.2 Å². The first-order valence-electron chi connectivity index (χ1n) is 5.47. The van der Waals surface area contributed by atoms with Crippen LogP contribution < -0.4 is 5.32 Å². The normalized spacial score (nSPS) is 10.6. The van der Waals surface area contributed by atoms with E-state index < -0.39 is 11.9 Å². The third-order valence-corrected chi connectivity index (χ3v) is 4.47. The van der Waals surface area contributed by atoms with Crippen molar-refractivity contribution in [1.29, 1.82) is 0 Å². The smallest absolute Gasteiger partial charge is 0.338 e. The average Bonchev–Trinajstić information content (AvgIpc) is 2.85. The quantitative estimate of drug-likeness (QED) is 0.901. The maximum Gasteiger partial charge on any atom is 0.338 e. The van der Waals surface area contributed by atoms with Crippen molar-refractivity contribution in [3.05, 3.63) is 38.4 Å². The third kappa shape index (κ3) is 2.67. The number of anilines is 1. The summed E-state index contributed by atoms with van der Waals surface area (Å²) in [6, 6.07) is 2.94. The SMILES string of the molecule is Cc1cc(C(=O)O)c(NC(=O)c2cc(Cl)c(Cl)n2C)s1. The third-order valence-electron chi connectivity index (χ3n) is 2.66. The fourth-order valence-electron chi connectivity index (χ4n) is 1.69. The molecule has 2 N–H and O–H groups in total. The second kappa shape index (κ2) is 5.47. The molecular formula is C12H10Cl2N2O3S. The molecule has 0 unspecified atom stereocenters. The van der Waals surface area contributed by atoms with Gasteiger partial charge in [0.15, 0.2) is 0 Å². The summed E-state index contributed by atoms with van der Waals surface area (Å²) in [5.74, 6) is -1.56. The zero-order chi connectivity index (χ0) is 15.0. The molecule has 0 bridgehead atoms. The van der Waals surface area contributed by atoms with Crippen molar-refractivity contribution in [2.24, 2.45) is 7.05 Å². The number of carboxylic acids is 1. The van der Waals surface area contributed by atoms with Crippen LogP contribution in [0.25, 0.3) is 0 Å². The lowest BCUT2D eigenvalue weighted by Crippen LogP contribution is -2.16. The standard InChI is InChI=1S/C12H10Cl2N2O3S/c1-5-3-6(12(18)19)11(20-5)15-10(17)8-4-7(13)9(14)16(8)2/h3-4H,1-2H3,(H,15,17)(H,18,19). The number of nitrogens with zero attached hydrogens (tertiary/aromatic N) is 1. The zero-order valence-corrected chi connectivity index (χ0v) is 12.9. The Bertz CT molecular complexity index is 706. The molecule has 0 spiro atoms. The number of hydrogen-bond donors (Lipinski definition) is 2. The van der Waals surface area contributed by atoms with Crippen LogP contribution in [0.1, 0.15) is 25.7 Å². The van der Waals surface area contributed by atoms with E-state index in [0.29, 0.717) is 0 Å². The summed E-state index contributed by atoms with van der Waals surface area (Å²) in [5, 5.41) is 12.4. The summed E-state index contributed by atoms with van der Waals surface area (Å²) in [4.78, 5) is 24.0. The fraction of sp³-hybridized carbons (Fsp3) is 0.167. The lowest BCUT2D eigenvalue weighted by atomic mass is 10.3. The maximum absolute atomic E-state index is 12.1. The number of carboxylic acid groups (broad SMARTS) is 1. The van der Waals surface area contributed by atoms with Gasteiger partial charge in [0.05, 0.1) is 10.6 Å². The van der Waals surface area contributed by atoms with E-state index >= 15 is 0 Å². The summed E-state index contributed by atoms with van der Waals surface area (Å²) in [6.07, 6.45) is 0. The molecule has 2 rings (SSSR count). The molecule has 2 heterocycles. The van der Waals surface area contributed by atoms with Crippen LogP contribution in [0.4, 0.5) is 5.00 Å². The first kappa shape index (κ1) is 14.9. The Morgan fingerprint density at radius 3 is 2.50 bits per heavy atom. The summed E-state index contributed by atoms with van der Waals surface area (Å²) >= 11 is 12.9. The Labute approximate surface area is 128 Å². The number of aromatic nitrogens is 1. The highest BCUT2D eigenvalue weighted by atomic mass is 35.5. The largest absolute Gasteiger partial charge is 0.478 e. The number of amides is 1. The van der Waals surface area contributed by atoms with Crippen molar-refractivity contribution in [2.75, 3.05) is 5.32 Å². The lowest BCUT2D eigenvalue weighted by Gasteiger charge is -2.05. The Morgan fingerprint density at radius 2 is 2.00 bits per heavy atom. The van der Waals surface area contributed by atoms with Crippen molar-refractivity contribution < 1.29 is 14.7 Å². The molecule has 2 aromatic heterocycles. The molecule has 2 aromatic rings. The van der Waals surface area contributed by atoms with Crippen LogP contribution in [-0.2, 0) is 7.05 Å². The highest BCUT2D eigenvalue weighted by Crippen LogP contribution is 2.29. The minimum absolute atomic E-state index is 0.0623. The van der Waals surface area contributed by atoms with Crippen LogP contribution in [0.15, 0.2) is 12.1 Å². The van der Waals surface area contributed by atoms with E-state index in [4.69, 9.17) is 28.3 Å². The Morgan fingerprint density at radius 1 is 1.35 bits per heavy atom. The number of halogens is 2. The molecule has 8 heteroatoms. The van der Waals surface area contributed by atoms with Gasteiger partial charge >= 0.3 is 5.97 Å². The molecule has 0 aliphatic rings. The van der Waals surface area contributed by atoms with Gasteiger partial charge in [-0.3, -0.25) is 4.79 Å². The van der Waals surface area contributed by atoms with Crippen LogP contribution >= 0.6 is 34.5 Å². The average molecular weight is 333 g/mol. The number of aryl methyl sites for hydroxylation is 1. The van der Waals surface area contributed by atoms with E-state index in [1.165, 1.54) is 28.0 Å². The second-order valence-electron chi connectivity index (χ2n) is 4.09. The summed E-state index contributed by atoms with van der Waals surface area (Å²) < 4.78 is 1.43. The Hall–Kier alpha value is -1.50. The van der Waals surface area contributed by atoms with Crippen LogP contribution in [-0.4, -0.2) is 21.6 Å². The molecule has 5 nitrogen and oxygen atoms in total. The van der Waals surface area contributed by atoms with E-state index in [1.807, 2.05) is 0 Å². The van der Waals surface area contributed by atoms with Gasteiger partial charge < -0.3 is 15.0 Å². The Balaban J connectivity index is 2.32. The van der Waals surface area contributed by atoms with Crippen molar-refractivity contribution in [3.8, 4) is 0 Å². The highest BCUT2D eigenvalue weighted by molar-refractivity contribution is 7.16. The molecule has 20 heavy (non-hydrogen) atoms. The van der Waals surface area contributed by atoms with E-state index in [0.717, 1.165) is 4.88 Å². The molecule has 0 aromatic carbocycles. The molecular weight excluding hydrogens is 323 g/mol. The van der Waals surface area contributed by atoms with Gasteiger partial charge in [-0.15, -0.1) is 11.3 Å². The zero-order valence-electron chi connectivity index (χ0n) is 10.5. The minimum atomic E-state index is -1.09. The van der Waals surface area contributed by atoms with Gasteiger partial charge in [0.1, 0.15) is 15.8 Å². The van der Waals surface area contributed by atoms with Gasteiger partial charge in [0, 0.05) is 11.9 Å². The summed E-state index contributed by atoms with van der Waals surface area (Å²) in [7, 11) is 1.60. The number of nitrogens with one attached hydrogen (secondary N) is 1. The molecule has 0 fully saturated rings. The van der Waals surface area contributed by atoms with Gasteiger partial charge in [0.25, 0.3) is 5.91 Å². The first-order valence-corrected chi connectivity index (χ1v) is 7.04. The molecule has 0 radical (unpaired) electrons. The number of thiophene rings is 1. The van der Waals surface area contributed by atoms with Crippen LogP contribution in [0.2, 0.25) is 10.2 Å². The van der Waals surface area contributed by atoms with Crippen LogP contribution in [0.3, 0.4) is 0 Å². The minimum Gasteiger partial charge on any atom is -0.478 e. The van der Waals surface area contributed by atoms with Gasteiger partial charge in [-0.2, -0.15) is 0 Å². The summed E-state index contributed by atoms with van der Waals surface area (Å²) in [6.45, 7) is 1.77. The molecule has 1 amide bonds. The predicted molar refractivity (Wildman–Crippen MR) is 79.4 cm³/mol. The fourth-order valence-corrected chi connectivity index (χ4v) is 2.97. The predicted octanol–water partition coefficient (Wildman–Crippen LogP) is 3.65. The van der Waals surface area contributed by atoms with Crippen molar-refractivity contribution in [3.63, 3.8) is 0 Å². The van der Waals surface area contributed by atoms with Crippen LogP contribution in [0, 0.1) is 6.92 Å². The maximum atomic E-state index is 12.1. The molecule has 0 aliphatic heterocycles. The number of aromatic carboxylic acids is 1. The number of carbonyl (C=O) groups is 2. The van der Waals surface area contributed by atoms with Gasteiger partial charge in [0.2, 0.25) is 0 Å². The lowest BCUT2D eigenvalue weighted by molar-refractivity contribution is 0.0698. The second-order valence-corrected chi connectivity index (χ2v) is 6.11. The van der Waals surface area contributed by atoms with Crippen molar-refractivity contribution >= 4 is 51.4 Å². The monoisotopic (exact) mass is 332 g/mol. The molecule has 0 saturated carbocycles. The summed E-state index contributed by atoms with van der Waals surface area (Å²) in [5.41, 5.74) is 0.314. The van der Waals surface area contributed by atoms with E-state index in [1.54, 1.807) is 14.0 Å². The van der Waals surface area contributed by atoms with Gasteiger partial charge in [-0.25, -0.2) is 4.79 Å². The van der Waals surface area contributed by atoms with E-state index in [-0.39, 0.29) is 26.4 Å². The highest BCUT2D eigenvalue weighted by Gasteiger charge is 2.20. The topological polar surface area (TPSA) is 71.3 Å². The number of hydrogen-bond acceptors (Lipinski definition) is 3. The van der Waals surface area contributed by atoms with E-state index in [9.17, 15) is 9.59 Å².